The molecule has 0 saturated carbocycles. The molecule has 0 unspecified atom stereocenters. The highest BCUT2D eigenvalue weighted by Gasteiger charge is 2.16. The molecule has 0 bridgehead atoms. The lowest BCUT2D eigenvalue weighted by Gasteiger charge is -2.07. The number of carbonyl (C=O) groups is 2. The van der Waals surface area contributed by atoms with Crippen molar-refractivity contribution in [1.29, 1.82) is 0 Å². The van der Waals surface area contributed by atoms with E-state index in [2.05, 4.69) is 16.6 Å². The first-order valence-electron chi connectivity index (χ1n) is 7.59. The first-order valence-corrected chi connectivity index (χ1v) is 9.07. The van der Waals surface area contributed by atoms with E-state index in [0.29, 0.717) is 5.76 Å². The Morgan fingerprint density at radius 1 is 1.19 bits per heavy atom. The van der Waals surface area contributed by atoms with Crippen LogP contribution in [0.4, 0.5) is 0 Å². The molecule has 1 amide bonds. The van der Waals surface area contributed by atoms with Crippen LogP contribution in [-0.4, -0.2) is 33.4 Å². The van der Waals surface area contributed by atoms with E-state index < -0.39 is 28.5 Å². The van der Waals surface area contributed by atoms with Gasteiger partial charge in [0.25, 0.3) is 5.91 Å². The van der Waals surface area contributed by atoms with Crippen molar-refractivity contribution in [2.24, 2.45) is 0 Å². The molecule has 9 heteroatoms. The smallest absolute Gasteiger partial charge is 0.338 e. The van der Waals surface area contributed by atoms with Crippen LogP contribution in [0.15, 0.2) is 64.6 Å². The number of carbonyl (C=O) groups excluding carboxylic acids is 2. The summed E-state index contributed by atoms with van der Waals surface area (Å²) >= 11 is 0. The van der Waals surface area contributed by atoms with E-state index in [1.807, 2.05) is 0 Å². The van der Waals surface area contributed by atoms with Crippen molar-refractivity contribution in [3.05, 3.63) is 66.6 Å². The quantitative estimate of drug-likeness (QED) is 0.501. The van der Waals surface area contributed by atoms with Crippen LogP contribution in [-0.2, 0) is 26.1 Å². The summed E-state index contributed by atoms with van der Waals surface area (Å²) in [4.78, 5) is 23.2. The van der Waals surface area contributed by atoms with E-state index in [1.54, 1.807) is 12.1 Å². The van der Waals surface area contributed by atoms with Gasteiger partial charge in [-0.15, -0.1) is 6.58 Å². The molecule has 2 rings (SSSR count). The molecular formula is C17H18N2O6S. The Bertz CT molecular complexity index is 857. The maximum Gasteiger partial charge on any atom is 0.338 e. The van der Waals surface area contributed by atoms with Gasteiger partial charge in [-0.1, -0.05) is 6.08 Å². The molecule has 0 aliphatic carbocycles. The molecule has 1 aromatic heterocycles. The van der Waals surface area contributed by atoms with Gasteiger partial charge in [-0.05, 0) is 36.4 Å². The van der Waals surface area contributed by atoms with Gasteiger partial charge in [0.05, 0.1) is 23.3 Å². The highest BCUT2D eigenvalue weighted by Crippen LogP contribution is 2.12. The number of furan rings is 1. The van der Waals surface area contributed by atoms with E-state index in [0.717, 1.165) is 0 Å². The van der Waals surface area contributed by atoms with Crippen LogP contribution in [0.3, 0.4) is 0 Å². The average Bonchev–Trinajstić information content (AvgIpc) is 3.16. The summed E-state index contributed by atoms with van der Waals surface area (Å²) in [6.07, 6.45) is 2.94. The molecule has 1 heterocycles. The maximum atomic E-state index is 12.2. The molecule has 0 atom stereocenters. The minimum Gasteiger partial charge on any atom is -0.468 e. The zero-order chi connectivity index (χ0) is 19.0. The summed E-state index contributed by atoms with van der Waals surface area (Å²) in [6.45, 7) is 3.30. The van der Waals surface area contributed by atoms with Crippen LogP contribution in [0.5, 0.6) is 0 Å². The topological polar surface area (TPSA) is 115 Å². The highest BCUT2D eigenvalue weighted by atomic mass is 32.2. The number of rotatable bonds is 9. The van der Waals surface area contributed by atoms with Crippen molar-refractivity contribution >= 4 is 21.9 Å². The fraction of sp³-hybridized carbons (Fsp3) is 0.176. The second kappa shape index (κ2) is 8.97. The molecule has 1 aromatic carbocycles. The fourth-order valence-electron chi connectivity index (χ4n) is 1.88. The van der Waals surface area contributed by atoms with Gasteiger partial charge in [0.1, 0.15) is 5.76 Å². The molecule has 0 radical (unpaired) electrons. The van der Waals surface area contributed by atoms with Crippen LogP contribution in [0.25, 0.3) is 0 Å². The molecule has 0 spiro atoms. The summed E-state index contributed by atoms with van der Waals surface area (Å²) < 4.78 is 36.7. The Balaban J connectivity index is 1.93. The largest absolute Gasteiger partial charge is 0.468 e. The molecule has 2 N–H and O–H groups in total. The SMILES string of the molecule is C=CCNC(=O)COC(=O)c1ccc(S(=O)(=O)NCc2ccco2)cc1. The molecule has 0 aliphatic heterocycles. The van der Waals surface area contributed by atoms with Gasteiger partial charge in [0.15, 0.2) is 6.61 Å². The van der Waals surface area contributed by atoms with E-state index in [4.69, 9.17) is 9.15 Å². The van der Waals surface area contributed by atoms with Gasteiger partial charge < -0.3 is 14.5 Å². The third-order valence-electron chi connectivity index (χ3n) is 3.19. The first kappa shape index (κ1) is 19.4. The molecule has 0 aliphatic rings. The van der Waals surface area contributed by atoms with Gasteiger partial charge in [0.2, 0.25) is 10.0 Å². The van der Waals surface area contributed by atoms with Crippen molar-refractivity contribution in [2.45, 2.75) is 11.4 Å². The molecule has 2 aromatic rings. The zero-order valence-electron chi connectivity index (χ0n) is 13.8. The van der Waals surface area contributed by atoms with Crippen LogP contribution in [0, 0.1) is 0 Å². The number of hydrogen-bond donors (Lipinski definition) is 2. The standard InChI is InChI=1S/C17H18N2O6S/c1-2-9-18-16(20)12-25-17(21)13-5-7-15(8-6-13)26(22,23)19-11-14-4-3-10-24-14/h2-8,10,19H,1,9,11-12H2,(H,18,20). The van der Waals surface area contributed by atoms with Gasteiger partial charge >= 0.3 is 5.97 Å². The molecular weight excluding hydrogens is 360 g/mol. The van der Waals surface area contributed by atoms with Crippen molar-refractivity contribution in [3.8, 4) is 0 Å². The predicted octanol–water partition coefficient (Wildman–Crippen LogP) is 1.22. The van der Waals surface area contributed by atoms with E-state index in [-0.39, 0.29) is 23.5 Å². The van der Waals surface area contributed by atoms with Gasteiger partial charge in [-0.25, -0.2) is 17.9 Å². The van der Waals surface area contributed by atoms with Crippen molar-refractivity contribution in [1.82, 2.24) is 10.0 Å². The van der Waals surface area contributed by atoms with Crippen molar-refractivity contribution in [3.63, 3.8) is 0 Å². The summed E-state index contributed by atoms with van der Waals surface area (Å²) in [5.74, 6) is -0.714. The van der Waals surface area contributed by atoms with Gasteiger partial charge in [0, 0.05) is 6.54 Å². The minimum atomic E-state index is -3.75. The minimum absolute atomic E-state index is 0.00988. The van der Waals surface area contributed by atoms with Crippen LogP contribution in [0.2, 0.25) is 0 Å². The number of hydrogen-bond acceptors (Lipinski definition) is 6. The maximum absolute atomic E-state index is 12.2. The van der Waals surface area contributed by atoms with Gasteiger partial charge in [-0.2, -0.15) is 0 Å². The number of benzene rings is 1. The molecule has 0 saturated heterocycles. The highest BCUT2D eigenvalue weighted by molar-refractivity contribution is 7.89. The monoisotopic (exact) mass is 378 g/mol. The third-order valence-corrected chi connectivity index (χ3v) is 4.61. The van der Waals surface area contributed by atoms with Crippen molar-refractivity contribution in [2.75, 3.05) is 13.2 Å². The number of nitrogens with one attached hydrogen (secondary N) is 2. The van der Waals surface area contributed by atoms with Crippen molar-refractivity contribution < 1.29 is 27.2 Å². The Morgan fingerprint density at radius 2 is 1.92 bits per heavy atom. The Morgan fingerprint density at radius 3 is 2.54 bits per heavy atom. The number of sulfonamides is 1. The second-order valence-electron chi connectivity index (χ2n) is 5.10. The molecule has 26 heavy (non-hydrogen) atoms. The summed E-state index contributed by atoms with van der Waals surface area (Å²) in [5.41, 5.74) is 0.131. The van der Waals surface area contributed by atoms with E-state index in [1.165, 1.54) is 36.6 Å². The Kier molecular flexibility index (Phi) is 6.70. The summed E-state index contributed by atoms with van der Waals surface area (Å²) in [6, 6.07) is 8.48. The Hall–Kier alpha value is -2.91. The molecule has 8 nitrogen and oxygen atoms in total. The lowest BCUT2D eigenvalue weighted by atomic mass is 10.2. The summed E-state index contributed by atoms with van der Waals surface area (Å²) in [5, 5.41) is 2.46. The number of esters is 1. The van der Waals surface area contributed by atoms with Gasteiger partial charge in [-0.3, -0.25) is 4.79 Å². The lowest BCUT2D eigenvalue weighted by Crippen LogP contribution is -2.28. The van der Waals surface area contributed by atoms with Crippen LogP contribution in [0.1, 0.15) is 16.1 Å². The lowest BCUT2D eigenvalue weighted by molar-refractivity contribution is -0.124. The van der Waals surface area contributed by atoms with Crippen LogP contribution >= 0.6 is 0 Å². The summed E-state index contributed by atoms with van der Waals surface area (Å²) in [7, 11) is -3.75. The number of amides is 1. The molecule has 0 fully saturated rings. The normalized spacial score (nSPS) is 10.9. The Labute approximate surface area is 150 Å². The predicted molar refractivity (Wildman–Crippen MR) is 92.7 cm³/mol. The second-order valence-corrected chi connectivity index (χ2v) is 6.86. The zero-order valence-corrected chi connectivity index (χ0v) is 14.6. The van der Waals surface area contributed by atoms with E-state index >= 15 is 0 Å². The molecule has 138 valence electrons. The first-order chi connectivity index (χ1) is 12.4. The van der Waals surface area contributed by atoms with Crippen LogP contribution < -0.4 is 10.0 Å². The fourth-order valence-corrected chi connectivity index (χ4v) is 2.88. The number of ether oxygens (including phenoxy) is 1. The average molecular weight is 378 g/mol. The van der Waals surface area contributed by atoms with E-state index in [9.17, 15) is 18.0 Å². The third kappa shape index (κ3) is 5.57.